The van der Waals surface area contributed by atoms with E-state index in [1.807, 2.05) is 13.8 Å². The minimum Gasteiger partial charge on any atom is -0.368 e. The number of hydrogen-bond acceptors (Lipinski definition) is 6. The Morgan fingerprint density at radius 2 is 1.97 bits per heavy atom. The van der Waals surface area contributed by atoms with E-state index in [0.29, 0.717) is 4.88 Å². The fourth-order valence-electron chi connectivity index (χ4n) is 3.56. The van der Waals surface area contributed by atoms with Crippen molar-refractivity contribution in [1.82, 2.24) is 25.4 Å². The second kappa shape index (κ2) is 10.9. The molecule has 33 heavy (non-hydrogen) atoms. The van der Waals surface area contributed by atoms with Gasteiger partial charge in [0.15, 0.2) is 0 Å². The smallest absolute Gasteiger partial charge is 0.317 e. The number of aromatic nitrogens is 1. The molecule has 0 radical (unpaired) electrons. The second-order valence-electron chi connectivity index (χ2n) is 8.07. The summed E-state index contributed by atoms with van der Waals surface area (Å²) in [6, 6.07) is 4.61. The van der Waals surface area contributed by atoms with E-state index in [9.17, 15) is 19.2 Å². The number of nitrogens with zero attached hydrogens (tertiary/aromatic N) is 3. The number of pyridine rings is 1. The zero-order valence-corrected chi connectivity index (χ0v) is 19.4. The molecule has 10 nitrogen and oxygen atoms in total. The van der Waals surface area contributed by atoms with Gasteiger partial charge in [0.2, 0.25) is 11.8 Å². The summed E-state index contributed by atoms with van der Waals surface area (Å²) in [5.41, 5.74) is 6.27. The minimum absolute atomic E-state index is 0.000123. The number of hydrogen-bond donors (Lipinski definition) is 3. The first-order valence-electron chi connectivity index (χ1n) is 10.6. The number of amides is 5. The van der Waals surface area contributed by atoms with E-state index in [1.54, 1.807) is 42.0 Å². The van der Waals surface area contributed by atoms with Gasteiger partial charge in [-0.3, -0.25) is 19.4 Å². The lowest BCUT2D eigenvalue weighted by Crippen LogP contribution is -2.64. The van der Waals surface area contributed by atoms with Gasteiger partial charge >= 0.3 is 6.03 Å². The largest absolute Gasteiger partial charge is 0.368 e. The molecule has 2 aromatic heterocycles. The third kappa shape index (κ3) is 6.28. The van der Waals surface area contributed by atoms with Crippen LogP contribution in [0.15, 0.2) is 42.0 Å². The molecular formula is C22H28N6O4S. The second-order valence-corrected chi connectivity index (χ2v) is 9.02. The minimum atomic E-state index is -0.986. The van der Waals surface area contributed by atoms with Crippen LogP contribution < -0.4 is 16.4 Å². The lowest BCUT2D eigenvalue weighted by atomic mass is 10.1. The monoisotopic (exact) mass is 472 g/mol. The van der Waals surface area contributed by atoms with Crippen molar-refractivity contribution < 1.29 is 19.2 Å². The number of piperazine rings is 1. The van der Waals surface area contributed by atoms with Crippen molar-refractivity contribution in [1.29, 1.82) is 0 Å². The van der Waals surface area contributed by atoms with Crippen LogP contribution in [-0.2, 0) is 16.0 Å². The van der Waals surface area contributed by atoms with E-state index in [4.69, 9.17) is 5.73 Å². The van der Waals surface area contributed by atoms with Crippen molar-refractivity contribution in [3.8, 4) is 0 Å². The molecule has 0 unspecified atom stereocenters. The standard InChI is InChI=1S/C22H28N6O4S/c1-14(2)25-22(32)27-8-9-28(21(31)18-6-4-10-33-18)17(13-27)20(30)26-16(19(23)29)11-15-5-3-7-24-12-15/h3-7,10,12,14,16-17H,8-9,11,13H2,1-2H3,(H2,23,29)(H,25,32)(H,26,30)/t16-,17-/m0/s1. The molecule has 5 amide bonds. The van der Waals surface area contributed by atoms with Crippen LogP contribution in [0.3, 0.4) is 0 Å². The molecule has 0 aliphatic carbocycles. The maximum atomic E-state index is 13.3. The summed E-state index contributed by atoms with van der Waals surface area (Å²) >= 11 is 1.28. The third-order valence-electron chi connectivity index (χ3n) is 5.20. The number of carbonyl (C=O) groups is 4. The molecule has 1 aliphatic heterocycles. The van der Waals surface area contributed by atoms with E-state index in [2.05, 4.69) is 15.6 Å². The van der Waals surface area contributed by atoms with E-state index >= 15 is 0 Å². The van der Waals surface area contributed by atoms with Gasteiger partial charge in [0.05, 0.1) is 11.4 Å². The van der Waals surface area contributed by atoms with Crippen LogP contribution in [0.25, 0.3) is 0 Å². The molecule has 176 valence electrons. The third-order valence-corrected chi connectivity index (χ3v) is 6.06. The Morgan fingerprint density at radius 1 is 1.18 bits per heavy atom. The summed E-state index contributed by atoms with van der Waals surface area (Å²) < 4.78 is 0. The van der Waals surface area contributed by atoms with Crippen molar-refractivity contribution in [2.75, 3.05) is 19.6 Å². The molecule has 0 saturated carbocycles. The Morgan fingerprint density at radius 3 is 2.58 bits per heavy atom. The molecule has 4 N–H and O–H groups in total. The zero-order valence-electron chi connectivity index (χ0n) is 18.6. The lowest BCUT2D eigenvalue weighted by molar-refractivity contribution is -0.131. The van der Waals surface area contributed by atoms with Gasteiger partial charge in [0, 0.05) is 37.9 Å². The Balaban J connectivity index is 1.80. The highest BCUT2D eigenvalue weighted by molar-refractivity contribution is 7.12. The average Bonchev–Trinajstić information content (AvgIpc) is 3.33. The van der Waals surface area contributed by atoms with E-state index < -0.39 is 23.9 Å². The van der Waals surface area contributed by atoms with Crippen molar-refractivity contribution >= 4 is 35.1 Å². The van der Waals surface area contributed by atoms with Gasteiger partial charge in [0.25, 0.3) is 5.91 Å². The van der Waals surface area contributed by atoms with Crippen LogP contribution in [0.4, 0.5) is 4.79 Å². The van der Waals surface area contributed by atoms with Crippen molar-refractivity contribution in [3.05, 3.63) is 52.5 Å². The number of thiophene rings is 1. The highest BCUT2D eigenvalue weighted by atomic mass is 32.1. The number of primary amides is 1. The van der Waals surface area contributed by atoms with Crippen molar-refractivity contribution in [3.63, 3.8) is 0 Å². The number of nitrogens with two attached hydrogens (primary N) is 1. The Kier molecular flexibility index (Phi) is 7.99. The predicted molar refractivity (Wildman–Crippen MR) is 123 cm³/mol. The van der Waals surface area contributed by atoms with Crippen molar-refractivity contribution in [2.45, 2.75) is 38.4 Å². The Bertz CT molecular complexity index is 982. The highest BCUT2D eigenvalue weighted by Gasteiger charge is 2.38. The summed E-state index contributed by atoms with van der Waals surface area (Å²) in [4.78, 5) is 58.4. The molecule has 0 bridgehead atoms. The zero-order chi connectivity index (χ0) is 24.0. The summed E-state index contributed by atoms with van der Waals surface area (Å²) in [6.45, 7) is 4.15. The molecule has 11 heteroatoms. The molecule has 1 fully saturated rings. The summed E-state index contributed by atoms with van der Waals surface area (Å²) in [5, 5.41) is 7.27. The van der Waals surface area contributed by atoms with Crippen molar-refractivity contribution in [2.24, 2.45) is 5.73 Å². The quantitative estimate of drug-likeness (QED) is 0.542. The average molecular weight is 473 g/mol. The molecule has 1 aliphatic rings. The van der Waals surface area contributed by atoms with Crippen LogP contribution in [0.2, 0.25) is 0 Å². The topological polar surface area (TPSA) is 138 Å². The van der Waals surface area contributed by atoms with Gasteiger partial charge in [-0.05, 0) is 36.9 Å². The molecule has 3 rings (SSSR count). The van der Waals surface area contributed by atoms with Crippen LogP contribution in [-0.4, -0.2) is 76.3 Å². The normalized spacial score (nSPS) is 16.9. The van der Waals surface area contributed by atoms with Gasteiger partial charge in [-0.25, -0.2) is 4.79 Å². The lowest BCUT2D eigenvalue weighted by Gasteiger charge is -2.40. The first kappa shape index (κ1) is 24.2. The first-order chi connectivity index (χ1) is 15.8. The van der Waals surface area contributed by atoms with E-state index in [0.717, 1.165) is 5.56 Å². The number of carbonyl (C=O) groups excluding carboxylic acids is 4. The van der Waals surface area contributed by atoms with Gasteiger partial charge in [-0.1, -0.05) is 12.1 Å². The maximum absolute atomic E-state index is 13.3. The van der Waals surface area contributed by atoms with Crippen LogP contribution >= 0.6 is 11.3 Å². The highest BCUT2D eigenvalue weighted by Crippen LogP contribution is 2.18. The number of nitrogens with one attached hydrogen (secondary N) is 2. The van der Waals surface area contributed by atoms with Gasteiger partial charge in [-0.15, -0.1) is 11.3 Å². The molecule has 1 saturated heterocycles. The molecule has 2 aromatic rings. The van der Waals surface area contributed by atoms with E-state index in [-0.39, 0.29) is 44.0 Å². The van der Waals surface area contributed by atoms with Crippen LogP contribution in [0.5, 0.6) is 0 Å². The van der Waals surface area contributed by atoms with Gasteiger partial charge < -0.3 is 26.2 Å². The van der Waals surface area contributed by atoms with Gasteiger partial charge in [-0.2, -0.15) is 0 Å². The predicted octanol–water partition coefficient (Wildman–Crippen LogP) is 0.600. The molecule has 0 aromatic carbocycles. The number of rotatable bonds is 7. The number of urea groups is 1. The maximum Gasteiger partial charge on any atom is 0.317 e. The molecule has 0 spiro atoms. The van der Waals surface area contributed by atoms with Gasteiger partial charge in [0.1, 0.15) is 12.1 Å². The van der Waals surface area contributed by atoms with Crippen LogP contribution in [0, 0.1) is 0 Å². The van der Waals surface area contributed by atoms with E-state index in [1.165, 1.54) is 21.1 Å². The Hall–Kier alpha value is -3.47. The SMILES string of the molecule is CC(C)NC(=O)N1CCN(C(=O)c2cccs2)[C@H](C(=O)N[C@@H](Cc2cccnc2)C(N)=O)C1. The summed E-state index contributed by atoms with van der Waals surface area (Å²) in [7, 11) is 0. The molecular weight excluding hydrogens is 444 g/mol. The fourth-order valence-corrected chi connectivity index (χ4v) is 4.24. The molecule has 2 atom stereocenters. The summed E-state index contributed by atoms with van der Waals surface area (Å²) in [6.07, 6.45) is 3.36. The first-order valence-corrected chi connectivity index (χ1v) is 11.5. The van der Waals surface area contributed by atoms with Crippen LogP contribution in [0.1, 0.15) is 29.1 Å². The molecule has 3 heterocycles. The Labute approximate surface area is 196 Å². The summed E-state index contributed by atoms with van der Waals surface area (Å²) in [5.74, 6) is -1.54. The fraction of sp³-hybridized carbons (Fsp3) is 0.409.